The lowest BCUT2D eigenvalue weighted by atomic mass is 10.4. The van der Waals surface area contributed by atoms with Gasteiger partial charge < -0.3 is 15.2 Å². The quantitative estimate of drug-likeness (QED) is 0.605. The molecule has 1 aliphatic rings. The molecule has 5 heteroatoms. The zero-order valence-corrected chi connectivity index (χ0v) is 8.57. The monoisotopic (exact) mass is 202 g/mol. The van der Waals surface area contributed by atoms with E-state index in [2.05, 4.69) is 4.90 Å². The Bertz CT molecular complexity index is 179. The van der Waals surface area contributed by atoms with Crippen LogP contribution in [0.3, 0.4) is 0 Å². The highest BCUT2D eigenvalue weighted by Crippen LogP contribution is 1.96. The average molecular weight is 202 g/mol. The van der Waals surface area contributed by atoms with E-state index in [4.69, 9.17) is 15.2 Å². The molecule has 0 spiro atoms. The van der Waals surface area contributed by atoms with Crippen molar-refractivity contribution in [3.05, 3.63) is 0 Å². The predicted molar refractivity (Wildman–Crippen MR) is 51.9 cm³/mol. The van der Waals surface area contributed by atoms with E-state index in [1.807, 2.05) is 0 Å². The van der Waals surface area contributed by atoms with Crippen LogP contribution in [0, 0.1) is 0 Å². The second-order valence-corrected chi connectivity index (χ2v) is 3.41. The summed E-state index contributed by atoms with van der Waals surface area (Å²) in [7, 11) is 0. The first-order valence-electron chi connectivity index (χ1n) is 4.92. The number of hydrogen-bond acceptors (Lipinski definition) is 5. The lowest BCUT2D eigenvalue weighted by Crippen LogP contribution is -2.39. The second kappa shape index (κ2) is 5.95. The third-order valence-corrected chi connectivity index (χ3v) is 2.13. The van der Waals surface area contributed by atoms with E-state index in [9.17, 15) is 4.79 Å². The van der Waals surface area contributed by atoms with Crippen LogP contribution in [0.2, 0.25) is 0 Å². The molecule has 0 amide bonds. The van der Waals surface area contributed by atoms with Crippen molar-refractivity contribution in [3.63, 3.8) is 0 Å². The normalized spacial score (nSPS) is 20.4. The Morgan fingerprint density at radius 1 is 1.57 bits per heavy atom. The average Bonchev–Trinajstić information content (AvgIpc) is 2.19. The van der Waals surface area contributed by atoms with Crippen molar-refractivity contribution < 1.29 is 14.3 Å². The van der Waals surface area contributed by atoms with Crippen LogP contribution in [-0.2, 0) is 14.3 Å². The molecule has 0 aliphatic carbocycles. The van der Waals surface area contributed by atoms with Crippen molar-refractivity contribution in [1.29, 1.82) is 0 Å². The molecule has 1 atom stereocenters. The molecule has 14 heavy (non-hydrogen) atoms. The Morgan fingerprint density at radius 3 is 2.79 bits per heavy atom. The van der Waals surface area contributed by atoms with E-state index in [1.165, 1.54) is 0 Å². The number of nitrogens with zero attached hydrogens (tertiary/aromatic N) is 1. The third kappa shape index (κ3) is 4.04. The van der Waals surface area contributed by atoms with Gasteiger partial charge in [0.25, 0.3) is 0 Å². The summed E-state index contributed by atoms with van der Waals surface area (Å²) in [6, 6.07) is -0.528. The maximum atomic E-state index is 11.0. The van der Waals surface area contributed by atoms with Crippen molar-refractivity contribution in [1.82, 2.24) is 4.90 Å². The van der Waals surface area contributed by atoms with Gasteiger partial charge in [0, 0.05) is 19.6 Å². The van der Waals surface area contributed by atoms with Crippen LogP contribution < -0.4 is 5.73 Å². The minimum Gasteiger partial charge on any atom is -0.463 e. The standard InChI is InChI=1S/C9H18N2O3/c1-8(10)9(12)14-7-4-11-2-5-13-6-3-11/h8H,2-7,10H2,1H3/t8-/m0/s1. The van der Waals surface area contributed by atoms with Crippen molar-refractivity contribution >= 4 is 5.97 Å². The topological polar surface area (TPSA) is 64.8 Å². The molecule has 0 unspecified atom stereocenters. The van der Waals surface area contributed by atoms with Gasteiger partial charge in [0.2, 0.25) is 0 Å². The molecular weight excluding hydrogens is 184 g/mol. The number of hydrogen-bond donors (Lipinski definition) is 1. The van der Waals surface area contributed by atoms with Gasteiger partial charge >= 0.3 is 5.97 Å². The summed E-state index contributed by atoms with van der Waals surface area (Å²) < 4.78 is 10.2. The highest BCUT2D eigenvalue weighted by Gasteiger charge is 2.12. The summed E-state index contributed by atoms with van der Waals surface area (Å²) in [6.07, 6.45) is 0. The number of ether oxygens (including phenoxy) is 2. The molecular formula is C9H18N2O3. The molecule has 0 aromatic heterocycles. The van der Waals surface area contributed by atoms with E-state index in [1.54, 1.807) is 6.92 Å². The minimum atomic E-state index is -0.528. The van der Waals surface area contributed by atoms with Crippen LogP contribution in [0.15, 0.2) is 0 Å². The van der Waals surface area contributed by atoms with E-state index in [0.29, 0.717) is 6.61 Å². The summed E-state index contributed by atoms with van der Waals surface area (Å²) in [5, 5.41) is 0. The molecule has 1 heterocycles. The van der Waals surface area contributed by atoms with E-state index >= 15 is 0 Å². The van der Waals surface area contributed by atoms with Crippen molar-refractivity contribution in [2.24, 2.45) is 5.73 Å². The van der Waals surface area contributed by atoms with Gasteiger partial charge in [-0.3, -0.25) is 9.69 Å². The summed E-state index contributed by atoms with van der Waals surface area (Å²) in [6.45, 7) is 6.16. The fourth-order valence-corrected chi connectivity index (χ4v) is 1.23. The summed E-state index contributed by atoms with van der Waals surface area (Å²) in [5.41, 5.74) is 5.35. The first kappa shape index (κ1) is 11.4. The number of carbonyl (C=O) groups is 1. The number of morpholine rings is 1. The molecule has 0 bridgehead atoms. The molecule has 1 fully saturated rings. The van der Waals surface area contributed by atoms with Gasteiger partial charge in [-0.05, 0) is 6.92 Å². The third-order valence-electron chi connectivity index (χ3n) is 2.13. The van der Waals surface area contributed by atoms with Crippen molar-refractivity contribution in [3.8, 4) is 0 Å². The molecule has 0 radical (unpaired) electrons. The Hall–Kier alpha value is -0.650. The Kier molecular flexibility index (Phi) is 4.86. The fraction of sp³-hybridized carbons (Fsp3) is 0.889. The highest BCUT2D eigenvalue weighted by molar-refractivity contribution is 5.74. The lowest BCUT2D eigenvalue weighted by Gasteiger charge is -2.26. The van der Waals surface area contributed by atoms with Crippen LogP contribution in [0.1, 0.15) is 6.92 Å². The molecule has 5 nitrogen and oxygen atoms in total. The fourth-order valence-electron chi connectivity index (χ4n) is 1.23. The van der Waals surface area contributed by atoms with Gasteiger partial charge in [0.1, 0.15) is 12.6 Å². The number of nitrogens with two attached hydrogens (primary N) is 1. The maximum absolute atomic E-state index is 11.0. The molecule has 0 saturated carbocycles. The molecule has 0 aromatic carbocycles. The van der Waals surface area contributed by atoms with Crippen molar-refractivity contribution in [2.75, 3.05) is 39.5 Å². The van der Waals surface area contributed by atoms with Crippen LogP contribution in [0.25, 0.3) is 0 Å². The first-order chi connectivity index (χ1) is 6.70. The van der Waals surface area contributed by atoms with Gasteiger partial charge in [-0.25, -0.2) is 0 Å². The van der Waals surface area contributed by atoms with Crippen LogP contribution in [-0.4, -0.2) is 56.4 Å². The zero-order chi connectivity index (χ0) is 10.4. The minimum absolute atomic E-state index is 0.335. The van der Waals surface area contributed by atoms with Gasteiger partial charge in [-0.2, -0.15) is 0 Å². The molecule has 82 valence electrons. The first-order valence-corrected chi connectivity index (χ1v) is 4.92. The number of rotatable bonds is 4. The highest BCUT2D eigenvalue weighted by atomic mass is 16.5. The predicted octanol–water partition coefficient (Wildman–Crippen LogP) is -0.791. The number of carbonyl (C=O) groups excluding carboxylic acids is 1. The summed E-state index contributed by atoms with van der Waals surface area (Å²) >= 11 is 0. The zero-order valence-electron chi connectivity index (χ0n) is 8.57. The largest absolute Gasteiger partial charge is 0.463 e. The van der Waals surface area contributed by atoms with Crippen LogP contribution in [0.5, 0.6) is 0 Å². The van der Waals surface area contributed by atoms with E-state index < -0.39 is 6.04 Å². The van der Waals surface area contributed by atoms with Crippen LogP contribution in [0.4, 0.5) is 0 Å². The van der Waals surface area contributed by atoms with Gasteiger partial charge in [0.05, 0.1) is 13.2 Å². The summed E-state index contributed by atoms with van der Waals surface area (Å²) in [4.78, 5) is 13.2. The smallest absolute Gasteiger partial charge is 0.322 e. The Balaban J connectivity index is 2.05. The van der Waals surface area contributed by atoms with E-state index in [0.717, 1.165) is 32.8 Å². The molecule has 1 aliphatic heterocycles. The van der Waals surface area contributed by atoms with E-state index in [-0.39, 0.29) is 5.97 Å². The molecule has 2 N–H and O–H groups in total. The van der Waals surface area contributed by atoms with Crippen LogP contribution >= 0.6 is 0 Å². The maximum Gasteiger partial charge on any atom is 0.322 e. The SMILES string of the molecule is C[C@H](N)C(=O)OCCN1CCOCC1. The van der Waals surface area contributed by atoms with Gasteiger partial charge in [-0.15, -0.1) is 0 Å². The summed E-state index contributed by atoms with van der Waals surface area (Å²) in [5.74, 6) is -0.335. The molecule has 1 rings (SSSR count). The van der Waals surface area contributed by atoms with Crippen molar-refractivity contribution in [2.45, 2.75) is 13.0 Å². The lowest BCUT2D eigenvalue weighted by molar-refractivity contribution is -0.145. The Labute approximate surface area is 84.1 Å². The molecule has 1 saturated heterocycles. The molecule has 0 aromatic rings. The Morgan fingerprint density at radius 2 is 2.21 bits per heavy atom. The van der Waals surface area contributed by atoms with Gasteiger partial charge in [0.15, 0.2) is 0 Å². The second-order valence-electron chi connectivity index (χ2n) is 3.41. The number of esters is 1. The van der Waals surface area contributed by atoms with Gasteiger partial charge in [-0.1, -0.05) is 0 Å².